The molecule has 0 bridgehead atoms. The van der Waals surface area contributed by atoms with Crippen molar-refractivity contribution in [3.8, 4) is 0 Å². The van der Waals surface area contributed by atoms with E-state index in [4.69, 9.17) is 15.0 Å². The summed E-state index contributed by atoms with van der Waals surface area (Å²) in [5, 5.41) is 0. The van der Waals surface area contributed by atoms with Crippen molar-refractivity contribution in [2.45, 2.75) is 45.4 Å². The minimum atomic E-state index is -0.363. The Morgan fingerprint density at radius 1 is 1.05 bits per heavy atom. The molecule has 0 spiro atoms. The predicted molar refractivity (Wildman–Crippen MR) is 98.5 cm³/mol. The second-order valence-electron chi connectivity index (χ2n) is 6.78. The van der Waals surface area contributed by atoms with Crippen LogP contribution < -0.4 is 11.2 Å². The van der Waals surface area contributed by atoms with Crippen molar-refractivity contribution >= 4 is 43.1 Å². The van der Waals surface area contributed by atoms with E-state index in [1.54, 1.807) is 0 Å². The zero-order valence-electron chi connectivity index (χ0n) is 14.2. The van der Waals surface area contributed by atoms with Crippen molar-refractivity contribution in [3.63, 3.8) is 0 Å². The highest BCUT2D eigenvalue weighted by atomic mass is 35.5. The molecule has 0 amide bonds. The number of anilines is 1. The van der Waals surface area contributed by atoms with Gasteiger partial charge in [-0.15, -0.1) is 24.8 Å². The Hall–Kier alpha value is -0.455. The molecule has 1 heterocycles. The minimum Gasteiger partial charge on any atom is -0.399 e. The largest absolute Gasteiger partial charge is 0.495 e. The molecule has 1 aliphatic heterocycles. The van der Waals surface area contributed by atoms with Gasteiger partial charge in [-0.05, 0) is 64.9 Å². The van der Waals surface area contributed by atoms with E-state index in [1.165, 1.54) is 5.56 Å². The van der Waals surface area contributed by atoms with Crippen LogP contribution in [0.15, 0.2) is 18.2 Å². The Balaban J connectivity index is 0.00000220. The van der Waals surface area contributed by atoms with Crippen LogP contribution in [0, 0.1) is 0 Å². The molecule has 2 rings (SSSR count). The first-order chi connectivity index (χ1) is 9.12. The van der Waals surface area contributed by atoms with Crippen LogP contribution in [0.1, 0.15) is 33.3 Å². The van der Waals surface area contributed by atoms with Crippen LogP contribution in [0.3, 0.4) is 0 Å². The summed E-state index contributed by atoms with van der Waals surface area (Å²) in [6, 6.07) is 5.93. The lowest BCUT2D eigenvalue weighted by atomic mass is 9.75. The minimum absolute atomic E-state index is 0. The molecule has 22 heavy (non-hydrogen) atoms. The van der Waals surface area contributed by atoms with Gasteiger partial charge in [0.1, 0.15) is 0 Å². The van der Waals surface area contributed by atoms with E-state index < -0.39 is 0 Å². The molecular weight excluding hydrogens is 322 g/mol. The van der Waals surface area contributed by atoms with Crippen molar-refractivity contribution in [1.82, 2.24) is 4.90 Å². The lowest BCUT2D eigenvalue weighted by Gasteiger charge is -2.32. The van der Waals surface area contributed by atoms with E-state index in [9.17, 15) is 0 Å². The van der Waals surface area contributed by atoms with Crippen LogP contribution in [0.25, 0.3) is 0 Å². The van der Waals surface area contributed by atoms with Gasteiger partial charge in [-0.2, -0.15) is 0 Å². The number of halogens is 2. The molecule has 0 unspecified atom stereocenters. The van der Waals surface area contributed by atoms with Crippen molar-refractivity contribution in [1.29, 1.82) is 0 Å². The zero-order valence-corrected chi connectivity index (χ0v) is 15.8. The summed E-state index contributed by atoms with van der Waals surface area (Å²) < 4.78 is 12.3. The monoisotopic (exact) mass is 348 g/mol. The van der Waals surface area contributed by atoms with E-state index in [2.05, 4.69) is 38.7 Å². The highest BCUT2D eigenvalue weighted by Crippen LogP contribution is 2.36. The molecule has 1 aromatic rings. The number of benzene rings is 1. The summed E-state index contributed by atoms with van der Waals surface area (Å²) in [6.07, 6.45) is 0. The number of nitrogens with zero attached hydrogens (tertiary/aromatic N) is 1. The Bertz CT molecular complexity index is 494. The molecule has 1 aliphatic rings. The van der Waals surface area contributed by atoms with E-state index in [0.717, 1.165) is 17.7 Å². The van der Waals surface area contributed by atoms with Gasteiger partial charge < -0.3 is 19.9 Å². The average Bonchev–Trinajstić information content (AvgIpc) is 2.50. The Morgan fingerprint density at radius 2 is 1.55 bits per heavy atom. The lowest BCUT2D eigenvalue weighted by molar-refractivity contribution is 0.00578. The molecule has 0 aromatic heterocycles. The molecular formula is C15H27BCl2N2O2. The van der Waals surface area contributed by atoms with Gasteiger partial charge in [-0.25, -0.2) is 0 Å². The summed E-state index contributed by atoms with van der Waals surface area (Å²) >= 11 is 0. The van der Waals surface area contributed by atoms with Crippen molar-refractivity contribution in [2.24, 2.45) is 0 Å². The lowest BCUT2D eigenvalue weighted by Crippen LogP contribution is -2.41. The van der Waals surface area contributed by atoms with Gasteiger partial charge in [0, 0.05) is 12.2 Å². The Morgan fingerprint density at radius 3 is 2.00 bits per heavy atom. The van der Waals surface area contributed by atoms with Gasteiger partial charge in [0.05, 0.1) is 11.2 Å². The standard InChI is InChI=1S/C15H25BN2O2.2ClH/c1-14(2)15(3,4)20-16(19-14)13-9-12(17)8-7-11(13)10-18(5)6;;/h7-9H,10,17H2,1-6H3;2*1H. The number of nitrogens with two attached hydrogens (primary N) is 1. The molecule has 0 aliphatic carbocycles. The Kier molecular flexibility index (Phi) is 7.26. The fourth-order valence-corrected chi connectivity index (χ4v) is 2.29. The maximum absolute atomic E-state index is 6.13. The topological polar surface area (TPSA) is 47.7 Å². The molecule has 1 saturated heterocycles. The number of hydrogen-bond acceptors (Lipinski definition) is 4. The third kappa shape index (κ3) is 4.30. The predicted octanol–water partition coefficient (Wildman–Crippen LogP) is 2.47. The first kappa shape index (κ1) is 21.5. The third-order valence-electron chi connectivity index (χ3n) is 4.16. The van der Waals surface area contributed by atoms with Crippen molar-refractivity contribution in [3.05, 3.63) is 23.8 Å². The van der Waals surface area contributed by atoms with E-state index >= 15 is 0 Å². The molecule has 126 valence electrons. The molecule has 2 N–H and O–H groups in total. The number of rotatable bonds is 3. The van der Waals surface area contributed by atoms with Crippen LogP contribution in [0.2, 0.25) is 0 Å². The van der Waals surface area contributed by atoms with Gasteiger partial charge in [0.25, 0.3) is 0 Å². The fourth-order valence-electron chi connectivity index (χ4n) is 2.29. The van der Waals surface area contributed by atoms with Crippen LogP contribution in [-0.2, 0) is 15.9 Å². The molecule has 7 heteroatoms. The van der Waals surface area contributed by atoms with Gasteiger partial charge in [-0.1, -0.05) is 6.07 Å². The van der Waals surface area contributed by atoms with Crippen molar-refractivity contribution < 1.29 is 9.31 Å². The quantitative estimate of drug-likeness (QED) is 0.673. The van der Waals surface area contributed by atoms with Gasteiger partial charge in [-0.3, -0.25) is 0 Å². The van der Waals surface area contributed by atoms with Crippen LogP contribution in [0.5, 0.6) is 0 Å². The second kappa shape index (κ2) is 7.41. The maximum atomic E-state index is 6.13. The van der Waals surface area contributed by atoms with Gasteiger partial charge in [0.15, 0.2) is 0 Å². The summed E-state index contributed by atoms with van der Waals surface area (Å²) in [7, 11) is 3.73. The molecule has 1 aromatic carbocycles. The normalized spacial score (nSPS) is 18.8. The van der Waals surface area contributed by atoms with Crippen LogP contribution >= 0.6 is 24.8 Å². The molecule has 1 fully saturated rings. The SMILES string of the molecule is CN(C)Cc1ccc(N)cc1B1OC(C)(C)C(C)(C)O1.Cl.Cl. The maximum Gasteiger partial charge on any atom is 0.495 e. The highest BCUT2D eigenvalue weighted by Gasteiger charge is 2.52. The summed E-state index contributed by atoms with van der Waals surface area (Å²) in [5.74, 6) is 0. The average molecular weight is 349 g/mol. The fraction of sp³-hybridized carbons (Fsp3) is 0.600. The van der Waals surface area contributed by atoms with E-state index in [1.807, 2.05) is 26.2 Å². The van der Waals surface area contributed by atoms with Crippen LogP contribution in [0.4, 0.5) is 5.69 Å². The van der Waals surface area contributed by atoms with Crippen LogP contribution in [-0.4, -0.2) is 37.3 Å². The number of hydrogen-bond donors (Lipinski definition) is 1. The van der Waals surface area contributed by atoms with Crippen molar-refractivity contribution in [2.75, 3.05) is 19.8 Å². The summed E-state index contributed by atoms with van der Waals surface area (Å²) in [5.41, 5.74) is 8.21. The molecule has 4 nitrogen and oxygen atoms in total. The highest BCUT2D eigenvalue weighted by molar-refractivity contribution is 6.62. The van der Waals surface area contributed by atoms with Gasteiger partial charge in [0.2, 0.25) is 0 Å². The van der Waals surface area contributed by atoms with E-state index in [0.29, 0.717) is 0 Å². The molecule has 0 saturated carbocycles. The zero-order chi connectivity index (χ0) is 15.1. The number of nitrogen functional groups attached to an aromatic ring is 1. The summed E-state index contributed by atoms with van der Waals surface area (Å²) in [6.45, 7) is 9.07. The first-order valence-corrected chi connectivity index (χ1v) is 7.01. The molecule has 0 radical (unpaired) electrons. The molecule has 0 atom stereocenters. The third-order valence-corrected chi connectivity index (χ3v) is 4.16. The summed E-state index contributed by atoms with van der Waals surface area (Å²) in [4.78, 5) is 2.13. The van der Waals surface area contributed by atoms with Gasteiger partial charge >= 0.3 is 7.12 Å². The smallest absolute Gasteiger partial charge is 0.399 e. The van der Waals surface area contributed by atoms with E-state index in [-0.39, 0.29) is 43.1 Å². The first-order valence-electron chi connectivity index (χ1n) is 7.01. The second-order valence-corrected chi connectivity index (χ2v) is 6.78. The Labute approximate surface area is 146 Å².